The average molecular weight is 424 g/mol. The first-order valence-corrected chi connectivity index (χ1v) is 10.2. The van der Waals surface area contributed by atoms with Gasteiger partial charge >= 0.3 is 0 Å². The fourth-order valence-corrected chi connectivity index (χ4v) is 3.89. The van der Waals surface area contributed by atoms with E-state index in [0.29, 0.717) is 16.4 Å². The largest absolute Gasteiger partial charge is 0.497 e. The zero-order valence-electron chi connectivity index (χ0n) is 16.2. The predicted octanol–water partition coefficient (Wildman–Crippen LogP) is 2.27. The molecular weight excluding hydrogens is 404 g/mol. The molecule has 1 aliphatic rings. The molecule has 0 fully saturated rings. The van der Waals surface area contributed by atoms with E-state index in [4.69, 9.17) is 10.5 Å². The van der Waals surface area contributed by atoms with Gasteiger partial charge in [0.15, 0.2) is 5.16 Å². The fraction of sp³-hybridized carbons (Fsp3) is 0.200. The van der Waals surface area contributed by atoms with Gasteiger partial charge < -0.3 is 20.7 Å². The molecule has 0 bridgehead atoms. The van der Waals surface area contributed by atoms with Gasteiger partial charge in [0.05, 0.1) is 12.9 Å². The normalized spacial score (nSPS) is 12.5. The van der Waals surface area contributed by atoms with E-state index in [0.717, 1.165) is 30.5 Å². The van der Waals surface area contributed by atoms with E-state index in [1.165, 1.54) is 11.8 Å². The van der Waals surface area contributed by atoms with E-state index < -0.39 is 5.91 Å². The molecule has 0 spiro atoms. The molecule has 30 heavy (non-hydrogen) atoms. The molecule has 0 aliphatic carbocycles. The standard InChI is InChI=1S/C20H20N6O3S/c1-29-16-8-6-15(7-9-16)25-10-11-26-19(25)23-24-20(26)30-12-17(27)22-14-4-2-13(3-5-14)18(21)28/h2-9H,10-12H2,1H3,(H2,21,28)(H,22,27). The molecule has 0 saturated heterocycles. The number of nitrogens with two attached hydrogens (primary N) is 1. The van der Waals surface area contributed by atoms with Crippen LogP contribution in [0, 0.1) is 0 Å². The lowest BCUT2D eigenvalue weighted by atomic mass is 10.2. The number of nitrogens with one attached hydrogen (secondary N) is 1. The second-order valence-electron chi connectivity index (χ2n) is 6.56. The Labute approximate surface area is 177 Å². The van der Waals surface area contributed by atoms with Gasteiger partial charge in [-0.25, -0.2) is 0 Å². The van der Waals surface area contributed by atoms with Crippen molar-refractivity contribution in [1.29, 1.82) is 0 Å². The number of aromatic nitrogens is 3. The van der Waals surface area contributed by atoms with Crippen LogP contribution in [0.4, 0.5) is 17.3 Å². The number of hydrogen-bond donors (Lipinski definition) is 2. The van der Waals surface area contributed by atoms with E-state index in [1.54, 1.807) is 31.4 Å². The number of hydrogen-bond acceptors (Lipinski definition) is 7. The third-order valence-electron chi connectivity index (χ3n) is 4.66. The molecule has 154 valence electrons. The topological polar surface area (TPSA) is 115 Å². The SMILES string of the molecule is COc1ccc(N2CCn3c(SCC(=O)Nc4ccc(C(N)=O)cc4)nnc32)cc1. The summed E-state index contributed by atoms with van der Waals surface area (Å²) in [7, 11) is 1.64. The molecule has 3 aromatic rings. The predicted molar refractivity (Wildman–Crippen MR) is 114 cm³/mol. The maximum absolute atomic E-state index is 12.3. The van der Waals surface area contributed by atoms with Crippen molar-refractivity contribution in [2.75, 3.05) is 29.6 Å². The van der Waals surface area contributed by atoms with Crippen LogP contribution in [0.3, 0.4) is 0 Å². The summed E-state index contributed by atoms with van der Waals surface area (Å²) in [6.07, 6.45) is 0. The summed E-state index contributed by atoms with van der Waals surface area (Å²) in [6, 6.07) is 14.2. The number of benzene rings is 2. The number of fused-ring (bicyclic) bond motifs is 1. The third-order valence-corrected chi connectivity index (χ3v) is 5.62. The van der Waals surface area contributed by atoms with Crippen molar-refractivity contribution < 1.29 is 14.3 Å². The van der Waals surface area contributed by atoms with E-state index in [-0.39, 0.29) is 11.7 Å². The Morgan fingerprint density at radius 3 is 2.50 bits per heavy atom. The lowest BCUT2D eigenvalue weighted by Gasteiger charge is -2.15. The zero-order chi connectivity index (χ0) is 21.1. The monoisotopic (exact) mass is 424 g/mol. The van der Waals surface area contributed by atoms with Crippen molar-refractivity contribution in [3.8, 4) is 5.75 Å². The minimum absolute atomic E-state index is 0.172. The van der Waals surface area contributed by atoms with E-state index in [9.17, 15) is 9.59 Å². The Bertz CT molecular complexity index is 1070. The summed E-state index contributed by atoms with van der Waals surface area (Å²) < 4.78 is 7.21. The lowest BCUT2D eigenvalue weighted by Crippen LogP contribution is -2.15. The molecule has 0 atom stereocenters. The first-order chi connectivity index (χ1) is 14.5. The molecule has 1 aromatic heterocycles. The highest BCUT2D eigenvalue weighted by atomic mass is 32.2. The lowest BCUT2D eigenvalue weighted by molar-refractivity contribution is -0.113. The van der Waals surface area contributed by atoms with E-state index >= 15 is 0 Å². The number of methoxy groups -OCH3 is 1. The Morgan fingerprint density at radius 1 is 1.10 bits per heavy atom. The van der Waals surface area contributed by atoms with Gasteiger partial charge in [0.1, 0.15) is 5.75 Å². The fourth-order valence-electron chi connectivity index (χ4n) is 3.13. The summed E-state index contributed by atoms with van der Waals surface area (Å²) in [5.41, 5.74) is 7.22. The minimum Gasteiger partial charge on any atom is -0.497 e. The molecule has 4 rings (SSSR count). The minimum atomic E-state index is -0.507. The van der Waals surface area contributed by atoms with Gasteiger partial charge in [0, 0.05) is 30.0 Å². The smallest absolute Gasteiger partial charge is 0.248 e. The van der Waals surface area contributed by atoms with Crippen molar-refractivity contribution in [1.82, 2.24) is 14.8 Å². The van der Waals surface area contributed by atoms with Crippen LogP contribution in [0.1, 0.15) is 10.4 Å². The molecule has 3 N–H and O–H groups in total. The van der Waals surface area contributed by atoms with Crippen molar-refractivity contribution in [2.24, 2.45) is 5.73 Å². The van der Waals surface area contributed by atoms with Crippen LogP contribution in [-0.2, 0) is 11.3 Å². The number of ether oxygens (including phenoxy) is 1. The molecule has 2 aromatic carbocycles. The van der Waals surface area contributed by atoms with Gasteiger partial charge in [-0.2, -0.15) is 0 Å². The van der Waals surface area contributed by atoms with Crippen LogP contribution >= 0.6 is 11.8 Å². The molecule has 0 radical (unpaired) electrons. The molecule has 2 heterocycles. The second-order valence-corrected chi connectivity index (χ2v) is 7.50. The maximum Gasteiger partial charge on any atom is 0.248 e. The Balaban J connectivity index is 1.37. The highest BCUT2D eigenvalue weighted by Crippen LogP contribution is 2.32. The molecule has 9 nitrogen and oxygen atoms in total. The molecule has 0 saturated carbocycles. The molecule has 10 heteroatoms. The number of anilines is 3. The Morgan fingerprint density at radius 2 is 1.83 bits per heavy atom. The van der Waals surface area contributed by atoms with Gasteiger partial charge in [0.2, 0.25) is 17.8 Å². The number of carbonyl (C=O) groups excluding carboxylic acids is 2. The second kappa shape index (κ2) is 8.46. The average Bonchev–Trinajstić information content (AvgIpc) is 3.35. The van der Waals surface area contributed by atoms with E-state index in [1.807, 2.05) is 28.8 Å². The van der Waals surface area contributed by atoms with E-state index in [2.05, 4.69) is 20.4 Å². The van der Waals surface area contributed by atoms with Gasteiger partial charge in [-0.05, 0) is 48.5 Å². The number of rotatable bonds is 7. The van der Waals surface area contributed by atoms with Crippen LogP contribution in [0.2, 0.25) is 0 Å². The maximum atomic E-state index is 12.3. The van der Waals surface area contributed by atoms with Crippen molar-refractivity contribution in [2.45, 2.75) is 11.7 Å². The third kappa shape index (κ3) is 4.08. The summed E-state index contributed by atoms with van der Waals surface area (Å²) >= 11 is 1.33. The Kier molecular flexibility index (Phi) is 5.57. The van der Waals surface area contributed by atoms with Crippen LogP contribution in [0.5, 0.6) is 5.75 Å². The molecule has 0 unspecified atom stereocenters. The molecule has 2 amide bonds. The van der Waals surface area contributed by atoms with Crippen LogP contribution < -0.4 is 20.7 Å². The van der Waals surface area contributed by atoms with Crippen LogP contribution in [0.25, 0.3) is 0 Å². The highest BCUT2D eigenvalue weighted by Gasteiger charge is 2.26. The Hall–Kier alpha value is -3.53. The first-order valence-electron chi connectivity index (χ1n) is 9.22. The summed E-state index contributed by atoms with van der Waals surface area (Å²) in [5.74, 6) is 1.07. The van der Waals surface area contributed by atoms with Gasteiger partial charge in [0.25, 0.3) is 0 Å². The van der Waals surface area contributed by atoms with Crippen molar-refractivity contribution >= 4 is 40.9 Å². The number of thioether (sulfide) groups is 1. The highest BCUT2D eigenvalue weighted by molar-refractivity contribution is 7.99. The van der Waals surface area contributed by atoms with Gasteiger partial charge in [-0.3, -0.25) is 14.2 Å². The first kappa shape index (κ1) is 19.8. The number of nitrogens with zero attached hydrogens (tertiary/aromatic N) is 4. The number of amides is 2. The quantitative estimate of drug-likeness (QED) is 0.559. The summed E-state index contributed by atoms with van der Waals surface area (Å²) in [6.45, 7) is 1.52. The summed E-state index contributed by atoms with van der Waals surface area (Å²) in [5, 5.41) is 12.0. The van der Waals surface area contributed by atoms with Crippen LogP contribution in [-0.4, -0.2) is 46.0 Å². The van der Waals surface area contributed by atoms with Crippen molar-refractivity contribution in [3.05, 3.63) is 54.1 Å². The summed E-state index contributed by atoms with van der Waals surface area (Å²) in [4.78, 5) is 25.5. The van der Waals surface area contributed by atoms with Crippen molar-refractivity contribution in [3.63, 3.8) is 0 Å². The number of primary amides is 1. The number of carbonyl (C=O) groups is 2. The van der Waals surface area contributed by atoms with Gasteiger partial charge in [-0.15, -0.1) is 10.2 Å². The van der Waals surface area contributed by atoms with Crippen LogP contribution in [0.15, 0.2) is 53.7 Å². The molecule has 1 aliphatic heterocycles. The van der Waals surface area contributed by atoms with Gasteiger partial charge in [-0.1, -0.05) is 11.8 Å². The molecular formula is C20H20N6O3S. The zero-order valence-corrected chi connectivity index (χ0v) is 17.1.